The van der Waals surface area contributed by atoms with Gasteiger partial charge in [0.25, 0.3) is 5.56 Å². The Labute approximate surface area is 134 Å². The van der Waals surface area contributed by atoms with E-state index in [1.807, 2.05) is 4.90 Å². The Bertz CT molecular complexity index is 762. The van der Waals surface area contributed by atoms with E-state index < -0.39 is 5.82 Å². The fourth-order valence-electron chi connectivity index (χ4n) is 2.62. The summed E-state index contributed by atoms with van der Waals surface area (Å²) in [4.78, 5) is 21.4. The number of hydrogen-bond acceptors (Lipinski definition) is 5. The summed E-state index contributed by atoms with van der Waals surface area (Å²) in [5.41, 5.74) is 0.672. The first-order chi connectivity index (χ1) is 10.8. The molecule has 0 aromatic carbocycles. The van der Waals surface area contributed by atoms with Crippen LogP contribution < -0.4 is 10.5 Å². The molecule has 122 valence electrons. The van der Waals surface area contributed by atoms with Crippen LogP contribution in [0.2, 0.25) is 0 Å². The van der Waals surface area contributed by atoms with E-state index in [4.69, 9.17) is 0 Å². The minimum absolute atomic E-state index is 0.106. The van der Waals surface area contributed by atoms with Crippen LogP contribution in [0.1, 0.15) is 26.5 Å². The number of aromatic nitrogens is 4. The second kappa shape index (κ2) is 5.72. The molecule has 7 heteroatoms. The Morgan fingerprint density at radius 3 is 2.70 bits per heavy atom. The van der Waals surface area contributed by atoms with Gasteiger partial charge in [-0.15, -0.1) is 0 Å². The summed E-state index contributed by atoms with van der Waals surface area (Å²) in [6, 6.07) is 3.34. The molecular weight excluding hydrogens is 297 g/mol. The average molecular weight is 317 g/mol. The fourth-order valence-corrected chi connectivity index (χ4v) is 2.62. The van der Waals surface area contributed by atoms with Gasteiger partial charge >= 0.3 is 0 Å². The van der Waals surface area contributed by atoms with Crippen LogP contribution in [-0.4, -0.2) is 32.8 Å². The first kappa shape index (κ1) is 15.6. The molecule has 1 saturated heterocycles. The highest BCUT2D eigenvalue weighted by Crippen LogP contribution is 2.25. The molecule has 2 aromatic rings. The third kappa shape index (κ3) is 3.23. The molecule has 1 aliphatic heterocycles. The molecule has 1 fully saturated rings. The predicted molar refractivity (Wildman–Crippen MR) is 84.9 cm³/mol. The number of nitrogens with zero attached hydrogens (tertiary/aromatic N) is 5. The van der Waals surface area contributed by atoms with Crippen molar-refractivity contribution < 1.29 is 4.39 Å². The lowest BCUT2D eigenvalue weighted by molar-refractivity contribution is 0.325. The third-order valence-electron chi connectivity index (χ3n) is 3.97. The highest BCUT2D eigenvalue weighted by atomic mass is 19.1. The van der Waals surface area contributed by atoms with Crippen molar-refractivity contribution in [2.75, 3.05) is 18.0 Å². The second-order valence-electron chi connectivity index (χ2n) is 6.95. The van der Waals surface area contributed by atoms with Crippen LogP contribution in [0.25, 0.3) is 0 Å². The molecule has 3 heterocycles. The summed E-state index contributed by atoms with van der Waals surface area (Å²) in [6.45, 7) is 8.03. The summed E-state index contributed by atoms with van der Waals surface area (Å²) >= 11 is 0. The molecule has 0 aliphatic carbocycles. The molecule has 23 heavy (non-hydrogen) atoms. The lowest BCUT2D eigenvalue weighted by Gasteiger charge is -2.40. The SMILES string of the molecule is CC(C)(C)c1ccc(=O)n(CC2CN(c3ncncc3F)C2)n1. The first-order valence-corrected chi connectivity index (χ1v) is 7.63. The van der Waals surface area contributed by atoms with E-state index in [1.165, 1.54) is 11.0 Å². The zero-order valence-electron chi connectivity index (χ0n) is 13.5. The lowest BCUT2D eigenvalue weighted by Crippen LogP contribution is -2.50. The number of hydrogen-bond donors (Lipinski definition) is 0. The molecule has 2 aromatic heterocycles. The maximum absolute atomic E-state index is 13.6. The molecule has 0 saturated carbocycles. The second-order valence-corrected chi connectivity index (χ2v) is 6.95. The molecular formula is C16H20FN5O. The molecule has 0 atom stereocenters. The average Bonchev–Trinajstić information content (AvgIpc) is 2.44. The van der Waals surface area contributed by atoms with Gasteiger partial charge in [0.2, 0.25) is 0 Å². The fraction of sp³-hybridized carbons (Fsp3) is 0.500. The van der Waals surface area contributed by atoms with Crippen molar-refractivity contribution in [2.45, 2.75) is 32.7 Å². The smallest absolute Gasteiger partial charge is 0.266 e. The van der Waals surface area contributed by atoms with Crippen molar-refractivity contribution in [3.8, 4) is 0 Å². The standard InChI is InChI=1S/C16H20FN5O/c1-16(2,3)13-4-5-14(23)22(20-13)9-11-7-21(8-11)15-12(17)6-18-10-19-15/h4-6,10-11H,7-9H2,1-3H3. The van der Waals surface area contributed by atoms with Crippen molar-refractivity contribution >= 4 is 5.82 Å². The van der Waals surface area contributed by atoms with Crippen LogP contribution in [0.5, 0.6) is 0 Å². The summed E-state index contributed by atoms with van der Waals surface area (Å²) in [6.07, 6.45) is 2.50. The minimum atomic E-state index is -0.420. The van der Waals surface area contributed by atoms with E-state index in [1.54, 1.807) is 12.1 Å². The summed E-state index contributed by atoms with van der Waals surface area (Å²) in [5.74, 6) is 0.153. The lowest BCUT2D eigenvalue weighted by atomic mass is 9.92. The molecule has 0 amide bonds. The van der Waals surface area contributed by atoms with Crippen LogP contribution in [-0.2, 0) is 12.0 Å². The molecule has 6 nitrogen and oxygen atoms in total. The van der Waals surface area contributed by atoms with Crippen molar-refractivity contribution in [2.24, 2.45) is 5.92 Å². The molecule has 0 unspecified atom stereocenters. The van der Waals surface area contributed by atoms with Gasteiger partial charge in [-0.25, -0.2) is 19.0 Å². The van der Waals surface area contributed by atoms with Gasteiger partial charge in [0.15, 0.2) is 11.6 Å². The molecule has 3 rings (SSSR count). The molecule has 0 spiro atoms. The maximum atomic E-state index is 13.6. The Hall–Kier alpha value is -2.31. The molecule has 0 N–H and O–H groups in total. The first-order valence-electron chi connectivity index (χ1n) is 7.63. The highest BCUT2D eigenvalue weighted by molar-refractivity contribution is 5.41. The number of rotatable bonds is 3. The molecule has 1 aliphatic rings. The van der Waals surface area contributed by atoms with Gasteiger partial charge in [0.1, 0.15) is 6.33 Å². The van der Waals surface area contributed by atoms with Gasteiger partial charge in [-0.2, -0.15) is 5.10 Å². The van der Waals surface area contributed by atoms with Crippen LogP contribution in [0.15, 0.2) is 29.5 Å². The Morgan fingerprint density at radius 2 is 2.04 bits per heavy atom. The van der Waals surface area contributed by atoms with Crippen LogP contribution in [0, 0.1) is 11.7 Å². The normalized spacial score (nSPS) is 15.6. The van der Waals surface area contributed by atoms with Crippen molar-refractivity contribution in [1.82, 2.24) is 19.7 Å². The summed E-state index contributed by atoms with van der Waals surface area (Å²) < 4.78 is 15.1. The van der Waals surface area contributed by atoms with Gasteiger partial charge in [-0.05, 0) is 6.07 Å². The Balaban J connectivity index is 1.69. The van der Waals surface area contributed by atoms with E-state index in [0.29, 0.717) is 25.5 Å². The van der Waals surface area contributed by atoms with Gasteiger partial charge < -0.3 is 4.90 Å². The van der Waals surface area contributed by atoms with Crippen molar-refractivity contribution in [1.29, 1.82) is 0 Å². The van der Waals surface area contributed by atoms with Crippen LogP contribution >= 0.6 is 0 Å². The number of anilines is 1. The van der Waals surface area contributed by atoms with Gasteiger partial charge in [0.05, 0.1) is 18.4 Å². The highest BCUT2D eigenvalue weighted by Gasteiger charge is 2.30. The van der Waals surface area contributed by atoms with E-state index in [-0.39, 0.29) is 16.9 Å². The topological polar surface area (TPSA) is 63.9 Å². The largest absolute Gasteiger partial charge is 0.353 e. The zero-order valence-corrected chi connectivity index (χ0v) is 13.5. The minimum Gasteiger partial charge on any atom is -0.353 e. The van der Waals surface area contributed by atoms with E-state index in [9.17, 15) is 9.18 Å². The molecule has 0 bridgehead atoms. The van der Waals surface area contributed by atoms with Crippen LogP contribution in [0.3, 0.4) is 0 Å². The maximum Gasteiger partial charge on any atom is 0.266 e. The molecule has 0 radical (unpaired) electrons. The van der Waals surface area contributed by atoms with Crippen molar-refractivity contribution in [3.63, 3.8) is 0 Å². The van der Waals surface area contributed by atoms with E-state index in [0.717, 1.165) is 11.9 Å². The van der Waals surface area contributed by atoms with Gasteiger partial charge in [-0.3, -0.25) is 4.79 Å². The monoisotopic (exact) mass is 317 g/mol. The predicted octanol–water partition coefficient (Wildman–Crippen LogP) is 1.61. The van der Waals surface area contributed by atoms with E-state index in [2.05, 4.69) is 35.8 Å². The summed E-state index contributed by atoms with van der Waals surface area (Å²) in [7, 11) is 0. The Morgan fingerprint density at radius 1 is 1.30 bits per heavy atom. The van der Waals surface area contributed by atoms with Gasteiger partial charge in [-0.1, -0.05) is 20.8 Å². The van der Waals surface area contributed by atoms with Gasteiger partial charge in [0, 0.05) is 30.5 Å². The van der Waals surface area contributed by atoms with Crippen LogP contribution in [0.4, 0.5) is 10.2 Å². The number of halogens is 1. The Kier molecular flexibility index (Phi) is 3.87. The van der Waals surface area contributed by atoms with E-state index >= 15 is 0 Å². The van der Waals surface area contributed by atoms with Crippen molar-refractivity contribution in [3.05, 3.63) is 46.5 Å². The third-order valence-corrected chi connectivity index (χ3v) is 3.97. The quantitative estimate of drug-likeness (QED) is 0.860. The zero-order chi connectivity index (χ0) is 16.6. The summed E-state index contributed by atoms with van der Waals surface area (Å²) in [5, 5.41) is 4.47.